The predicted molar refractivity (Wildman–Crippen MR) is 161 cm³/mol. The van der Waals surface area contributed by atoms with Crippen LogP contribution in [-0.4, -0.2) is 9.13 Å². The van der Waals surface area contributed by atoms with Crippen molar-refractivity contribution in [2.75, 3.05) is 0 Å². The Balaban J connectivity index is 1.48. The quantitative estimate of drug-likeness (QED) is 0.233. The highest BCUT2D eigenvalue weighted by Crippen LogP contribution is 2.40. The molecule has 8 aromatic rings. The summed E-state index contributed by atoms with van der Waals surface area (Å²) in [5.41, 5.74) is 5.87. The molecular weight excluding hydrogens is 460 g/mol. The van der Waals surface area contributed by atoms with Gasteiger partial charge in [-0.1, -0.05) is 103 Å². The largest absolute Gasteiger partial charge is 0.309 e. The standard InChI is InChI=1S/C36H24N2/c1-2-12-25(13-3-1)26-14-10-15-27(24-26)37-33-21-9-6-18-30(33)36-34(37)22-11-23-35(36)38-31-19-7-4-16-28(31)29-17-5-8-20-32(29)38/h1-24H/i1D,4D,7D,12D,13D,16D,19D. The van der Waals surface area contributed by atoms with Crippen molar-refractivity contribution in [3.63, 3.8) is 0 Å². The minimum Gasteiger partial charge on any atom is -0.309 e. The van der Waals surface area contributed by atoms with Crippen molar-refractivity contribution in [2.24, 2.45) is 0 Å². The van der Waals surface area contributed by atoms with Crippen LogP contribution in [0, 0.1) is 0 Å². The van der Waals surface area contributed by atoms with E-state index in [1.54, 1.807) is 0 Å². The molecule has 0 saturated carbocycles. The van der Waals surface area contributed by atoms with Crippen molar-refractivity contribution < 1.29 is 9.60 Å². The van der Waals surface area contributed by atoms with Crippen LogP contribution in [0.25, 0.3) is 66.1 Å². The molecular formula is C36H24N2. The maximum atomic E-state index is 8.95. The molecule has 6 aromatic carbocycles. The number of hydrogen-bond donors (Lipinski definition) is 0. The Hall–Kier alpha value is -5.08. The van der Waals surface area contributed by atoms with Crippen LogP contribution in [0.15, 0.2) is 145 Å². The van der Waals surface area contributed by atoms with Gasteiger partial charge in [0.1, 0.15) is 0 Å². The van der Waals surface area contributed by atoms with Gasteiger partial charge in [-0.3, -0.25) is 0 Å². The Labute approximate surface area is 230 Å². The Morgan fingerprint density at radius 1 is 0.447 bits per heavy atom. The first-order valence-corrected chi connectivity index (χ1v) is 12.5. The van der Waals surface area contributed by atoms with E-state index in [4.69, 9.17) is 9.60 Å². The number of aromatic nitrogens is 2. The zero-order valence-corrected chi connectivity index (χ0v) is 20.2. The van der Waals surface area contributed by atoms with Crippen molar-refractivity contribution in [3.05, 3.63) is 145 Å². The topological polar surface area (TPSA) is 9.86 Å². The third-order valence-electron chi connectivity index (χ3n) is 7.21. The summed E-state index contributed by atoms with van der Waals surface area (Å²) in [4.78, 5) is 0. The highest BCUT2D eigenvalue weighted by atomic mass is 15.0. The summed E-state index contributed by atoms with van der Waals surface area (Å²) in [5, 5.41) is 3.14. The molecule has 0 N–H and O–H groups in total. The second kappa shape index (κ2) is 8.22. The number of para-hydroxylation sites is 3. The number of nitrogens with zero attached hydrogens (tertiary/aromatic N) is 2. The van der Waals surface area contributed by atoms with Crippen LogP contribution < -0.4 is 0 Å². The van der Waals surface area contributed by atoms with Crippen molar-refractivity contribution in [1.82, 2.24) is 9.13 Å². The van der Waals surface area contributed by atoms with Gasteiger partial charge in [0.15, 0.2) is 0 Å². The van der Waals surface area contributed by atoms with Gasteiger partial charge in [0.25, 0.3) is 0 Å². The van der Waals surface area contributed by atoms with E-state index in [0.29, 0.717) is 22.0 Å². The lowest BCUT2D eigenvalue weighted by Gasteiger charge is -2.12. The Bertz CT molecular complexity index is 2500. The SMILES string of the molecule is [2H]c1cc([2H])c(-c2cccc(-n3c4ccccc4c4c(-n5c6ccccc6c6c([2H])c([2H])c([2H])c([2H])c65)cccc43)c2)c([2H])c1. The zero-order chi connectivity index (χ0) is 31.1. The average Bonchev–Trinajstić information content (AvgIpc) is 3.56. The van der Waals surface area contributed by atoms with Gasteiger partial charge in [-0.25, -0.2) is 0 Å². The molecule has 178 valence electrons. The van der Waals surface area contributed by atoms with Gasteiger partial charge in [-0.15, -0.1) is 0 Å². The van der Waals surface area contributed by atoms with Gasteiger partial charge in [0, 0.05) is 27.2 Å². The van der Waals surface area contributed by atoms with E-state index in [2.05, 4.69) is 10.6 Å². The third kappa shape index (κ3) is 3.01. The van der Waals surface area contributed by atoms with Gasteiger partial charge in [0.05, 0.1) is 37.3 Å². The van der Waals surface area contributed by atoms with Crippen LogP contribution >= 0.6 is 0 Å². The van der Waals surface area contributed by atoms with Crippen molar-refractivity contribution in [2.45, 2.75) is 0 Å². The number of hydrogen-bond acceptors (Lipinski definition) is 0. The summed E-state index contributed by atoms with van der Waals surface area (Å²) < 4.78 is 63.6. The van der Waals surface area contributed by atoms with E-state index in [1.807, 2.05) is 89.5 Å². The fourth-order valence-electron chi connectivity index (χ4n) is 5.66. The van der Waals surface area contributed by atoms with E-state index in [-0.39, 0.29) is 42.3 Å². The van der Waals surface area contributed by atoms with Crippen molar-refractivity contribution in [1.29, 1.82) is 0 Å². The van der Waals surface area contributed by atoms with Gasteiger partial charge in [0.2, 0.25) is 0 Å². The van der Waals surface area contributed by atoms with Gasteiger partial charge in [-0.05, 0) is 53.6 Å². The highest BCUT2D eigenvalue weighted by Gasteiger charge is 2.19. The highest BCUT2D eigenvalue weighted by molar-refractivity contribution is 6.16. The predicted octanol–water partition coefficient (Wildman–Crippen LogP) is 9.55. The second-order valence-electron chi connectivity index (χ2n) is 9.27. The van der Waals surface area contributed by atoms with Crippen LogP contribution in [0.5, 0.6) is 0 Å². The Morgan fingerprint density at radius 2 is 1.16 bits per heavy atom. The summed E-state index contributed by atoms with van der Waals surface area (Å²) in [5.74, 6) is 0. The molecule has 0 amide bonds. The number of fused-ring (bicyclic) bond motifs is 6. The minimum atomic E-state index is -0.274. The molecule has 0 unspecified atom stereocenters. The smallest absolute Gasteiger partial charge is 0.0645 e. The molecule has 2 aromatic heterocycles. The molecule has 2 nitrogen and oxygen atoms in total. The summed E-state index contributed by atoms with van der Waals surface area (Å²) in [6, 6.07) is 32.1. The summed E-state index contributed by atoms with van der Waals surface area (Å²) in [6.07, 6.45) is 0. The summed E-state index contributed by atoms with van der Waals surface area (Å²) in [6.45, 7) is 0. The molecule has 0 fully saturated rings. The molecule has 2 heteroatoms. The van der Waals surface area contributed by atoms with Crippen LogP contribution in [-0.2, 0) is 0 Å². The molecule has 0 saturated heterocycles. The summed E-state index contributed by atoms with van der Waals surface area (Å²) >= 11 is 0. The summed E-state index contributed by atoms with van der Waals surface area (Å²) in [7, 11) is 0. The van der Waals surface area contributed by atoms with Gasteiger partial charge in [-0.2, -0.15) is 0 Å². The van der Waals surface area contributed by atoms with Crippen LogP contribution in [0.2, 0.25) is 0 Å². The minimum absolute atomic E-state index is 0.0617. The first-order valence-electron chi connectivity index (χ1n) is 16.0. The lowest BCUT2D eigenvalue weighted by Crippen LogP contribution is -1.96. The van der Waals surface area contributed by atoms with E-state index in [0.717, 1.165) is 44.1 Å². The maximum absolute atomic E-state index is 8.95. The fraction of sp³-hybridized carbons (Fsp3) is 0. The van der Waals surface area contributed by atoms with Crippen LogP contribution in [0.3, 0.4) is 0 Å². The normalized spacial score (nSPS) is 14.3. The molecule has 0 aliphatic heterocycles. The first-order chi connectivity index (χ1) is 21.8. The van der Waals surface area contributed by atoms with E-state index < -0.39 is 0 Å². The fourth-order valence-corrected chi connectivity index (χ4v) is 5.66. The Morgan fingerprint density at radius 3 is 2.03 bits per heavy atom. The molecule has 0 radical (unpaired) electrons. The Kier molecular flexibility index (Phi) is 3.30. The monoisotopic (exact) mass is 491 g/mol. The van der Waals surface area contributed by atoms with E-state index in [1.165, 1.54) is 12.1 Å². The first kappa shape index (κ1) is 15.2. The molecule has 0 bridgehead atoms. The van der Waals surface area contributed by atoms with Gasteiger partial charge < -0.3 is 9.13 Å². The number of benzene rings is 6. The molecule has 0 aliphatic rings. The third-order valence-corrected chi connectivity index (χ3v) is 7.21. The van der Waals surface area contributed by atoms with E-state index >= 15 is 0 Å². The molecule has 2 heterocycles. The maximum Gasteiger partial charge on any atom is 0.0645 e. The van der Waals surface area contributed by atoms with Gasteiger partial charge >= 0.3 is 0 Å². The molecule has 8 rings (SSSR count). The zero-order valence-electron chi connectivity index (χ0n) is 27.2. The van der Waals surface area contributed by atoms with Crippen LogP contribution in [0.4, 0.5) is 0 Å². The van der Waals surface area contributed by atoms with Crippen LogP contribution in [0.1, 0.15) is 9.60 Å². The van der Waals surface area contributed by atoms with Crippen molar-refractivity contribution in [3.8, 4) is 22.5 Å². The van der Waals surface area contributed by atoms with Crippen molar-refractivity contribution >= 4 is 43.6 Å². The average molecular weight is 492 g/mol. The molecule has 0 spiro atoms. The lowest BCUT2D eigenvalue weighted by atomic mass is 10.1. The lowest BCUT2D eigenvalue weighted by molar-refractivity contribution is 1.17. The van der Waals surface area contributed by atoms with E-state index in [9.17, 15) is 0 Å². The molecule has 38 heavy (non-hydrogen) atoms. The number of rotatable bonds is 3. The molecule has 0 aliphatic carbocycles. The second-order valence-corrected chi connectivity index (χ2v) is 9.27. The molecule has 0 atom stereocenters.